The van der Waals surface area contributed by atoms with Gasteiger partial charge in [-0.05, 0) is 30.4 Å². The van der Waals surface area contributed by atoms with Gasteiger partial charge in [0, 0.05) is 6.42 Å². The Morgan fingerprint density at radius 2 is 1.84 bits per heavy atom. The van der Waals surface area contributed by atoms with Crippen molar-refractivity contribution in [3.05, 3.63) is 29.8 Å². The molecule has 0 saturated carbocycles. The van der Waals surface area contributed by atoms with Gasteiger partial charge in [-0.25, -0.2) is 0 Å². The molecule has 1 aromatic rings. The smallest absolute Gasteiger partial charge is 0.122 e. The molecule has 0 aliphatic heterocycles. The number of benzene rings is 1. The van der Waals surface area contributed by atoms with Crippen molar-refractivity contribution >= 4 is 0 Å². The van der Waals surface area contributed by atoms with Gasteiger partial charge in [0.2, 0.25) is 0 Å². The maximum atomic E-state index is 5.95. The molecule has 1 atom stereocenters. The normalized spacial score (nSPS) is 12.4. The zero-order valence-electron chi connectivity index (χ0n) is 12.8. The van der Waals surface area contributed by atoms with E-state index in [4.69, 9.17) is 4.74 Å². The maximum Gasteiger partial charge on any atom is 0.122 e. The lowest BCUT2D eigenvalue weighted by molar-refractivity contribution is -0.655. The van der Waals surface area contributed by atoms with Crippen molar-refractivity contribution in [2.45, 2.75) is 52.4 Å². The first kappa shape index (κ1) is 16.0. The number of nitrogens with two attached hydrogens (primary N) is 1. The Morgan fingerprint density at radius 3 is 2.58 bits per heavy atom. The van der Waals surface area contributed by atoms with Crippen LogP contribution in [-0.4, -0.2) is 19.7 Å². The van der Waals surface area contributed by atoms with Gasteiger partial charge in [-0.1, -0.05) is 45.4 Å². The van der Waals surface area contributed by atoms with E-state index in [0.29, 0.717) is 5.92 Å². The summed E-state index contributed by atoms with van der Waals surface area (Å²) >= 11 is 0. The average molecular weight is 264 g/mol. The third kappa shape index (κ3) is 6.11. The number of hydrogen-bond acceptors (Lipinski definition) is 1. The molecule has 1 rings (SSSR count). The molecule has 0 unspecified atom stereocenters. The Labute approximate surface area is 118 Å². The molecule has 0 radical (unpaired) electrons. The highest BCUT2D eigenvalue weighted by atomic mass is 16.5. The second kappa shape index (κ2) is 9.85. The third-order valence-corrected chi connectivity index (χ3v) is 3.63. The molecule has 1 aromatic carbocycles. The Hall–Kier alpha value is -1.02. The molecule has 0 spiro atoms. The fraction of sp³-hybridized carbons (Fsp3) is 0.647. The van der Waals surface area contributed by atoms with Crippen molar-refractivity contribution in [2.24, 2.45) is 0 Å². The van der Waals surface area contributed by atoms with Crippen molar-refractivity contribution in [3.63, 3.8) is 0 Å². The average Bonchev–Trinajstić information content (AvgIpc) is 2.46. The molecule has 2 N–H and O–H groups in total. The Kier molecular flexibility index (Phi) is 8.31. The summed E-state index contributed by atoms with van der Waals surface area (Å²) in [4.78, 5) is 0. The van der Waals surface area contributed by atoms with Crippen LogP contribution in [0.3, 0.4) is 0 Å². The summed E-state index contributed by atoms with van der Waals surface area (Å²) in [6.45, 7) is 9.98. The van der Waals surface area contributed by atoms with Gasteiger partial charge in [-0.3, -0.25) is 0 Å². The molecule has 0 saturated heterocycles. The lowest BCUT2D eigenvalue weighted by Crippen LogP contribution is -2.84. The van der Waals surface area contributed by atoms with Crippen molar-refractivity contribution in [2.75, 3.05) is 19.7 Å². The highest BCUT2D eigenvalue weighted by molar-refractivity contribution is 5.35. The summed E-state index contributed by atoms with van der Waals surface area (Å²) in [5, 5.41) is 2.40. The van der Waals surface area contributed by atoms with E-state index in [9.17, 15) is 0 Å². The molecule has 2 heteroatoms. The van der Waals surface area contributed by atoms with E-state index in [1.807, 2.05) is 0 Å². The minimum Gasteiger partial charge on any atom is -0.493 e. The summed E-state index contributed by atoms with van der Waals surface area (Å²) in [6.07, 6.45) is 4.89. The first-order valence-corrected chi connectivity index (χ1v) is 7.83. The fourth-order valence-electron chi connectivity index (χ4n) is 2.14. The van der Waals surface area contributed by atoms with Crippen molar-refractivity contribution < 1.29 is 10.1 Å². The van der Waals surface area contributed by atoms with Gasteiger partial charge < -0.3 is 10.1 Å². The van der Waals surface area contributed by atoms with Crippen molar-refractivity contribution in [3.8, 4) is 5.75 Å². The second-order valence-corrected chi connectivity index (χ2v) is 5.27. The van der Waals surface area contributed by atoms with E-state index in [1.165, 1.54) is 31.5 Å². The van der Waals surface area contributed by atoms with Crippen LogP contribution in [0.1, 0.15) is 57.9 Å². The Bertz CT molecular complexity index is 338. The molecular formula is C17H30NO+. The molecule has 0 fully saturated rings. The number of para-hydroxylation sites is 1. The van der Waals surface area contributed by atoms with E-state index < -0.39 is 0 Å². The van der Waals surface area contributed by atoms with Crippen LogP contribution in [0.2, 0.25) is 0 Å². The van der Waals surface area contributed by atoms with Crippen LogP contribution < -0.4 is 10.1 Å². The van der Waals surface area contributed by atoms with Gasteiger partial charge in [0.1, 0.15) is 5.75 Å². The molecule has 2 nitrogen and oxygen atoms in total. The first-order chi connectivity index (χ1) is 9.29. The molecule has 19 heavy (non-hydrogen) atoms. The summed E-state index contributed by atoms with van der Waals surface area (Å²) < 4.78 is 5.95. The van der Waals surface area contributed by atoms with Crippen LogP contribution in [0.4, 0.5) is 0 Å². The van der Waals surface area contributed by atoms with Gasteiger partial charge in [-0.15, -0.1) is 0 Å². The van der Waals surface area contributed by atoms with Crippen LogP contribution in [0.5, 0.6) is 5.75 Å². The molecular weight excluding hydrogens is 234 g/mol. The monoisotopic (exact) mass is 264 g/mol. The summed E-state index contributed by atoms with van der Waals surface area (Å²) in [6, 6.07) is 8.46. The fourth-order valence-corrected chi connectivity index (χ4v) is 2.14. The lowest BCUT2D eigenvalue weighted by atomic mass is 9.98. The van der Waals surface area contributed by atoms with Crippen molar-refractivity contribution in [1.82, 2.24) is 0 Å². The van der Waals surface area contributed by atoms with E-state index >= 15 is 0 Å². The number of ether oxygens (including phenoxy) is 1. The van der Waals surface area contributed by atoms with E-state index in [-0.39, 0.29) is 0 Å². The Balaban J connectivity index is 2.29. The SMILES string of the molecule is CCCC[NH2+]CCCOc1ccccc1[C@H](C)CC. The van der Waals surface area contributed by atoms with Crippen LogP contribution in [0, 0.1) is 0 Å². The highest BCUT2D eigenvalue weighted by Crippen LogP contribution is 2.28. The zero-order valence-corrected chi connectivity index (χ0v) is 12.8. The quantitative estimate of drug-likeness (QED) is 0.644. The van der Waals surface area contributed by atoms with Crippen LogP contribution in [0.25, 0.3) is 0 Å². The molecule has 0 aromatic heterocycles. The first-order valence-electron chi connectivity index (χ1n) is 7.83. The summed E-state index contributed by atoms with van der Waals surface area (Å²) in [5.41, 5.74) is 1.35. The third-order valence-electron chi connectivity index (χ3n) is 3.63. The van der Waals surface area contributed by atoms with Gasteiger partial charge in [0.25, 0.3) is 0 Å². The minimum absolute atomic E-state index is 0.576. The van der Waals surface area contributed by atoms with Gasteiger partial charge in [0.05, 0.1) is 19.7 Å². The lowest BCUT2D eigenvalue weighted by Gasteiger charge is -2.15. The minimum atomic E-state index is 0.576. The zero-order chi connectivity index (χ0) is 13.9. The molecule has 0 aliphatic carbocycles. The molecule has 0 bridgehead atoms. The highest BCUT2D eigenvalue weighted by Gasteiger charge is 2.09. The summed E-state index contributed by atoms with van der Waals surface area (Å²) in [5.74, 6) is 1.65. The number of quaternary nitrogens is 1. The van der Waals surface area contributed by atoms with Crippen molar-refractivity contribution in [1.29, 1.82) is 0 Å². The molecule has 0 amide bonds. The predicted octanol–water partition coefficient (Wildman–Crippen LogP) is 3.33. The maximum absolute atomic E-state index is 5.95. The van der Waals surface area contributed by atoms with Crippen LogP contribution >= 0.6 is 0 Å². The second-order valence-electron chi connectivity index (χ2n) is 5.27. The molecule has 0 heterocycles. The van der Waals surface area contributed by atoms with Crippen LogP contribution in [-0.2, 0) is 0 Å². The predicted molar refractivity (Wildman–Crippen MR) is 81.8 cm³/mol. The van der Waals surface area contributed by atoms with E-state index in [2.05, 4.69) is 50.4 Å². The van der Waals surface area contributed by atoms with E-state index in [1.54, 1.807) is 0 Å². The van der Waals surface area contributed by atoms with Crippen LogP contribution in [0.15, 0.2) is 24.3 Å². The number of unbranched alkanes of at least 4 members (excludes halogenated alkanes) is 1. The molecule has 108 valence electrons. The number of rotatable bonds is 10. The largest absolute Gasteiger partial charge is 0.493 e. The summed E-state index contributed by atoms with van der Waals surface area (Å²) in [7, 11) is 0. The number of hydrogen-bond donors (Lipinski definition) is 1. The topological polar surface area (TPSA) is 25.8 Å². The van der Waals surface area contributed by atoms with Gasteiger partial charge in [0.15, 0.2) is 0 Å². The van der Waals surface area contributed by atoms with E-state index in [0.717, 1.165) is 25.2 Å². The Morgan fingerprint density at radius 1 is 1.11 bits per heavy atom. The van der Waals surface area contributed by atoms with Gasteiger partial charge in [-0.2, -0.15) is 0 Å². The molecule has 0 aliphatic rings. The standard InChI is InChI=1S/C17H29NO/c1-4-6-12-18-13-9-14-19-17-11-8-7-10-16(17)15(3)5-2/h7-8,10-11,15,18H,4-6,9,12-14H2,1-3H3/p+1/t15-/m1/s1. The van der Waals surface area contributed by atoms with Gasteiger partial charge >= 0.3 is 0 Å².